The summed E-state index contributed by atoms with van der Waals surface area (Å²) < 4.78 is 61.4. The quantitative estimate of drug-likeness (QED) is 0.0146. The van der Waals surface area contributed by atoms with Crippen molar-refractivity contribution in [1.82, 2.24) is 0 Å². The molecular formula is C95H160O16P2. The van der Waals surface area contributed by atoms with Crippen molar-refractivity contribution in [2.75, 3.05) is 39.6 Å². The van der Waals surface area contributed by atoms with Crippen LogP contribution >= 0.6 is 15.6 Å². The summed E-state index contributed by atoms with van der Waals surface area (Å²) in [5.41, 5.74) is 0. The summed E-state index contributed by atoms with van der Waals surface area (Å²) in [6.45, 7) is 2.34. The van der Waals surface area contributed by atoms with Crippen molar-refractivity contribution in [3.63, 3.8) is 0 Å². The molecule has 0 aliphatic carbocycles. The molecule has 0 spiro atoms. The van der Waals surface area contributed by atoms with E-state index < -0.39 is 91.5 Å². The summed E-state index contributed by atoms with van der Waals surface area (Å²) >= 11 is 0. The fourth-order valence-corrected chi connectivity index (χ4v) is 13.4. The Balaban J connectivity index is 4.54. The van der Waals surface area contributed by atoms with E-state index in [4.69, 9.17) is 32.3 Å². The number of unbranched alkanes of at least 4 members (excludes halogenated alkanes) is 32. The van der Waals surface area contributed by atoms with Crippen LogP contribution in [0.3, 0.4) is 0 Å². The van der Waals surface area contributed by atoms with Crippen LogP contribution in [-0.2, 0) is 55.8 Å². The summed E-state index contributed by atoms with van der Waals surface area (Å²) in [6, 6.07) is 0. The molecule has 646 valence electrons. The molecule has 0 aromatic rings. The van der Waals surface area contributed by atoms with Crippen molar-refractivity contribution < 1.29 is 75.8 Å². The maximum absolute atomic E-state index is 13.0. The third kappa shape index (κ3) is 87.6. The molecule has 0 rings (SSSR count). The molecule has 16 nitrogen and oxygen atoms in total. The second-order valence-corrected chi connectivity index (χ2v) is 32.2. The number of rotatable bonds is 83. The predicted molar refractivity (Wildman–Crippen MR) is 472 cm³/mol. The molecule has 113 heavy (non-hydrogen) atoms. The summed E-state index contributed by atoms with van der Waals surface area (Å²) in [7, 11) is -9.81. The Bertz CT molecular complexity index is 2730. The number of allylic oxidation sites excluding steroid dienone is 28. The van der Waals surface area contributed by atoms with Crippen molar-refractivity contribution in [3.05, 3.63) is 170 Å². The van der Waals surface area contributed by atoms with Crippen LogP contribution in [0.2, 0.25) is 0 Å². The number of carbonyl (C=O) groups is 3. The van der Waals surface area contributed by atoms with Gasteiger partial charge < -0.3 is 34.2 Å². The normalized spacial score (nSPS) is 14.6. The van der Waals surface area contributed by atoms with E-state index in [1.165, 1.54) is 128 Å². The van der Waals surface area contributed by atoms with Crippen LogP contribution in [0.15, 0.2) is 170 Å². The summed E-state index contributed by atoms with van der Waals surface area (Å²) in [4.78, 5) is 58.9. The number of aliphatic hydroxyl groups is 2. The molecule has 0 amide bonds. The van der Waals surface area contributed by atoms with Crippen molar-refractivity contribution in [3.8, 4) is 0 Å². The number of phosphoric acid groups is 2. The zero-order valence-electron chi connectivity index (χ0n) is 71.0. The highest BCUT2D eigenvalue weighted by molar-refractivity contribution is 7.47. The SMILES string of the molecule is CC/C=C\C/C=C\C/C=C\C/C=C\C/C=C\CCCCCCCCCCCCCCCCCC(=O)OCC(O)COP(=O)(O)OCC(O)COP(=O)(O)OCC(COC(=O)CCCCCCCCCCCCCCC/C=C\C/C=C\C/C=C\C/C=C\C/C=C\CC)OC(=O)CCCCCC/C=C\C/C=C\C/C=C\C/C=C\CC. The minimum absolute atomic E-state index is 0.0727. The summed E-state index contributed by atoms with van der Waals surface area (Å²) in [5, 5.41) is 20.7. The number of esters is 3. The maximum Gasteiger partial charge on any atom is 0.472 e. The molecule has 5 atom stereocenters. The van der Waals surface area contributed by atoms with Gasteiger partial charge in [-0.15, -0.1) is 0 Å². The van der Waals surface area contributed by atoms with Gasteiger partial charge in [-0.2, -0.15) is 0 Å². The van der Waals surface area contributed by atoms with Gasteiger partial charge in [0.25, 0.3) is 0 Å². The Morgan fingerprint density at radius 3 is 0.699 bits per heavy atom. The van der Waals surface area contributed by atoms with Crippen LogP contribution in [0, 0.1) is 0 Å². The predicted octanol–water partition coefficient (Wildman–Crippen LogP) is 27.1. The fourth-order valence-electron chi connectivity index (χ4n) is 11.8. The van der Waals surface area contributed by atoms with E-state index in [-0.39, 0.29) is 19.3 Å². The molecule has 0 fully saturated rings. The number of hydrogen-bond donors (Lipinski definition) is 4. The largest absolute Gasteiger partial charge is 0.472 e. The highest BCUT2D eigenvalue weighted by atomic mass is 31.2. The molecule has 0 saturated carbocycles. The maximum atomic E-state index is 13.0. The highest BCUT2D eigenvalue weighted by Crippen LogP contribution is 2.45. The number of phosphoric ester groups is 2. The van der Waals surface area contributed by atoms with Crippen molar-refractivity contribution in [1.29, 1.82) is 0 Å². The zero-order valence-corrected chi connectivity index (χ0v) is 72.8. The van der Waals surface area contributed by atoms with Gasteiger partial charge in [0.2, 0.25) is 0 Å². The molecule has 0 aliphatic heterocycles. The smallest absolute Gasteiger partial charge is 0.463 e. The van der Waals surface area contributed by atoms with Crippen LogP contribution < -0.4 is 0 Å². The van der Waals surface area contributed by atoms with Gasteiger partial charge in [-0.1, -0.05) is 358 Å². The first-order valence-electron chi connectivity index (χ1n) is 44.4. The van der Waals surface area contributed by atoms with Gasteiger partial charge in [0, 0.05) is 19.3 Å². The standard InChI is InChI=1S/C95H160O16P2/c1-4-7-10-13-16-19-22-25-28-31-33-35-37-39-41-43-44-46-48-49-51-53-55-58-60-63-66-69-72-75-78-81-93(98)105-84-90(96)85-107-112(101,102)108-86-91(97)87-109-113(103,104)110-89-92(111-95(100)83-80-77-74-71-68-65-62-57-30-27-24-21-18-15-12-9-6-3)88-106-94(99)82-79-76-73-70-67-64-61-59-56-54-52-50-47-45-42-40-38-36-34-32-29-26-23-20-17-14-11-8-5-2/h7-12,16-21,25-30,33-36,39-42,62,65,90-92,96-97H,4-6,13-15,22-24,31-32,37-38,43-61,63-64,66-89H2,1-3H3,(H,101,102)(H,103,104)/b10-7-,11-8-,12-9-,19-16-,20-17-,21-18-,28-25-,29-26-,30-27-,35-33-,36-34-,41-39-,42-40-,65-62-. The third-order valence-corrected chi connectivity index (χ3v) is 20.3. The molecule has 0 heterocycles. The lowest BCUT2D eigenvalue weighted by Crippen LogP contribution is -2.30. The third-order valence-electron chi connectivity index (χ3n) is 18.4. The minimum atomic E-state index is -4.95. The van der Waals surface area contributed by atoms with Crippen LogP contribution in [0.5, 0.6) is 0 Å². The van der Waals surface area contributed by atoms with Crippen LogP contribution in [0.1, 0.15) is 355 Å². The molecule has 0 bridgehead atoms. The van der Waals surface area contributed by atoms with E-state index in [0.717, 1.165) is 167 Å². The second-order valence-electron chi connectivity index (χ2n) is 29.3. The Hall–Kier alpha value is -5.09. The molecule has 0 aromatic carbocycles. The van der Waals surface area contributed by atoms with Gasteiger partial charge in [0.1, 0.15) is 25.4 Å². The Morgan fingerprint density at radius 2 is 0.442 bits per heavy atom. The lowest BCUT2D eigenvalue weighted by Gasteiger charge is -2.21. The van der Waals surface area contributed by atoms with E-state index in [9.17, 15) is 43.5 Å². The first kappa shape index (κ1) is 108. The average molecular weight is 1620 g/mol. The van der Waals surface area contributed by atoms with E-state index in [1.54, 1.807) is 0 Å². The van der Waals surface area contributed by atoms with E-state index in [1.807, 2.05) is 0 Å². The Kier molecular flexibility index (Phi) is 82.4. The molecule has 5 unspecified atom stereocenters. The minimum Gasteiger partial charge on any atom is -0.463 e. The van der Waals surface area contributed by atoms with Crippen LogP contribution in [0.4, 0.5) is 0 Å². The molecule has 0 aromatic heterocycles. The Labute approximate surface area is 688 Å². The van der Waals surface area contributed by atoms with Crippen molar-refractivity contribution in [2.24, 2.45) is 0 Å². The monoisotopic (exact) mass is 1620 g/mol. The van der Waals surface area contributed by atoms with Crippen molar-refractivity contribution in [2.45, 2.75) is 373 Å². The van der Waals surface area contributed by atoms with Gasteiger partial charge in [-0.25, -0.2) is 9.13 Å². The van der Waals surface area contributed by atoms with Gasteiger partial charge in [0.15, 0.2) is 6.10 Å². The fraction of sp³-hybridized carbons (Fsp3) is 0.674. The molecular weight excluding hydrogens is 1460 g/mol. The topological polar surface area (TPSA) is 231 Å². The highest BCUT2D eigenvalue weighted by Gasteiger charge is 2.29. The van der Waals surface area contributed by atoms with Crippen LogP contribution in [-0.4, -0.2) is 95.9 Å². The number of hydrogen-bond acceptors (Lipinski definition) is 14. The lowest BCUT2D eigenvalue weighted by atomic mass is 10.0. The first-order valence-corrected chi connectivity index (χ1v) is 47.4. The van der Waals surface area contributed by atoms with Crippen molar-refractivity contribution >= 4 is 33.6 Å². The first-order chi connectivity index (χ1) is 55.2. The van der Waals surface area contributed by atoms with Gasteiger partial charge in [-0.05, 0) is 148 Å². The second kappa shape index (κ2) is 86.3. The molecule has 4 N–H and O–H groups in total. The number of ether oxygens (including phenoxy) is 3. The summed E-state index contributed by atoms with van der Waals surface area (Å²) in [6.07, 6.45) is 111. The zero-order chi connectivity index (χ0) is 82.2. The lowest BCUT2D eigenvalue weighted by molar-refractivity contribution is -0.161. The van der Waals surface area contributed by atoms with E-state index in [0.29, 0.717) is 19.3 Å². The molecule has 0 aliphatic rings. The number of aliphatic hydroxyl groups excluding tert-OH is 2. The molecule has 18 heteroatoms. The molecule has 0 saturated heterocycles. The van der Waals surface area contributed by atoms with Gasteiger partial charge >= 0.3 is 33.6 Å². The van der Waals surface area contributed by atoms with E-state index >= 15 is 0 Å². The molecule has 0 radical (unpaired) electrons. The van der Waals surface area contributed by atoms with Crippen LogP contribution in [0.25, 0.3) is 0 Å². The average Bonchev–Trinajstić information content (AvgIpc) is 0.901. The summed E-state index contributed by atoms with van der Waals surface area (Å²) in [5.74, 6) is -1.60. The van der Waals surface area contributed by atoms with Gasteiger partial charge in [0.05, 0.1) is 26.4 Å². The Morgan fingerprint density at radius 1 is 0.248 bits per heavy atom. The number of carbonyl (C=O) groups excluding carboxylic acids is 3. The van der Waals surface area contributed by atoms with E-state index in [2.05, 4.69) is 191 Å². The van der Waals surface area contributed by atoms with Gasteiger partial charge in [-0.3, -0.25) is 32.5 Å².